The van der Waals surface area contributed by atoms with Gasteiger partial charge in [0.15, 0.2) is 0 Å². The topological polar surface area (TPSA) is 63.2 Å². The first-order chi connectivity index (χ1) is 6.66. The van der Waals surface area contributed by atoms with Crippen LogP contribution in [-0.2, 0) is 14.6 Å². The normalized spacial score (nSPS) is 12.8. The monoisotopic (exact) mass is 235 g/mol. The second-order valence-electron chi connectivity index (χ2n) is 4.63. The smallest absolute Gasteiger partial charge is 0.150 e. The molecule has 0 fully saturated rings. The van der Waals surface area contributed by atoms with Gasteiger partial charge in [-0.05, 0) is 20.8 Å². The van der Waals surface area contributed by atoms with Crippen LogP contribution >= 0.6 is 0 Å². The van der Waals surface area contributed by atoms with Gasteiger partial charge in [0.2, 0.25) is 0 Å². The third-order valence-corrected chi connectivity index (χ3v) is 3.65. The van der Waals surface area contributed by atoms with Gasteiger partial charge in [-0.25, -0.2) is 8.42 Å². The Morgan fingerprint density at radius 1 is 1.27 bits per heavy atom. The molecule has 0 bridgehead atoms. The summed E-state index contributed by atoms with van der Waals surface area (Å²) in [5, 5.41) is 3.03. The number of nitrogens with one attached hydrogen (secondary N) is 1. The van der Waals surface area contributed by atoms with E-state index >= 15 is 0 Å². The zero-order chi connectivity index (χ0) is 12.1. The Morgan fingerprint density at radius 2 is 1.80 bits per heavy atom. The molecule has 90 valence electrons. The van der Waals surface area contributed by atoms with Gasteiger partial charge in [-0.3, -0.25) is 4.79 Å². The Kier molecular flexibility index (Phi) is 5.45. The van der Waals surface area contributed by atoms with E-state index in [2.05, 4.69) is 5.32 Å². The molecular formula is C10H21NO3S. The van der Waals surface area contributed by atoms with Crippen LogP contribution in [0.25, 0.3) is 0 Å². The first-order valence-electron chi connectivity index (χ1n) is 5.13. The SMILES string of the molecule is CCS(=O)(=O)CCC(=O)CNC(C)(C)C. The minimum absolute atomic E-state index is 0.0336. The van der Waals surface area contributed by atoms with Gasteiger partial charge in [-0.15, -0.1) is 0 Å². The van der Waals surface area contributed by atoms with Crippen molar-refractivity contribution in [3.8, 4) is 0 Å². The van der Waals surface area contributed by atoms with Crippen molar-refractivity contribution in [1.82, 2.24) is 5.32 Å². The Hall–Kier alpha value is -0.420. The first kappa shape index (κ1) is 14.6. The molecule has 0 atom stereocenters. The van der Waals surface area contributed by atoms with Crippen LogP contribution < -0.4 is 5.32 Å². The first-order valence-corrected chi connectivity index (χ1v) is 6.95. The molecule has 4 nitrogen and oxygen atoms in total. The van der Waals surface area contributed by atoms with Crippen LogP contribution in [0.3, 0.4) is 0 Å². The number of carbonyl (C=O) groups excluding carboxylic acids is 1. The lowest BCUT2D eigenvalue weighted by Gasteiger charge is -2.19. The van der Waals surface area contributed by atoms with E-state index in [1.54, 1.807) is 6.92 Å². The highest BCUT2D eigenvalue weighted by Crippen LogP contribution is 1.99. The van der Waals surface area contributed by atoms with E-state index in [1.807, 2.05) is 20.8 Å². The fourth-order valence-corrected chi connectivity index (χ4v) is 1.69. The van der Waals surface area contributed by atoms with Crippen LogP contribution in [0.5, 0.6) is 0 Å². The molecule has 0 radical (unpaired) electrons. The molecule has 15 heavy (non-hydrogen) atoms. The van der Waals surface area contributed by atoms with Crippen LogP contribution in [0.1, 0.15) is 34.1 Å². The zero-order valence-corrected chi connectivity index (χ0v) is 10.8. The Labute approximate surface area is 92.4 Å². The molecule has 0 saturated heterocycles. The van der Waals surface area contributed by atoms with Crippen molar-refractivity contribution < 1.29 is 13.2 Å². The van der Waals surface area contributed by atoms with Crippen molar-refractivity contribution in [2.24, 2.45) is 0 Å². The van der Waals surface area contributed by atoms with Crippen molar-refractivity contribution in [3.63, 3.8) is 0 Å². The summed E-state index contributed by atoms with van der Waals surface area (Å²) in [5.41, 5.74) is -0.112. The van der Waals surface area contributed by atoms with Crippen LogP contribution in [0, 0.1) is 0 Å². The molecule has 0 aromatic heterocycles. The van der Waals surface area contributed by atoms with Gasteiger partial charge in [-0.2, -0.15) is 0 Å². The second-order valence-corrected chi connectivity index (χ2v) is 7.10. The molecule has 0 aliphatic carbocycles. The maximum absolute atomic E-state index is 11.3. The Morgan fingerprint density at radius 3 is 2.20 bits per heavy atom. The number of ketones is 1. The molecule has 0 spiro atoms. The van der Waals surface area contributed by atoms with Crippen molar-refractivity contribution in [2.45, 2.75) is 39.7 Å². The van der Waals surface area contributed by atoms with Crippen molar-refractivity contribution in [1.29, 1.82) is 0 Å². The van der Waals surface area contributed by atoms with Crippen molar-refractivity contribution >= 4 is 15.6 Å². The predicted octanol–water partition coefficient (Wildman–Crippen LogP) is 0.768. The van der Waals surface area contributed by atoms with E-state index in [-0.39, 0.29) is 35.8 Å². The number of sulfone groups is 1. The molecule has 0 rings (SSSR count). The van der Waals surface area contributed by atoms with Crippen LogP contribution in [0.4, 0.5) is 0 Å². The number of hydrogen-bond donors (Lipinski definition) is 1. The molecule has 0 aromatic rings. The standard InChI is InChI=1S/C10H21NO3S/c1-5-15(13,14)7-6-9(12)8-11-10(2,3)4/h11H,5-8H2,1-4H3. The summed E-state index contributed by atoms with van der Waals surface area (Å²) in [6.07, 6.45) is 0.110. The van der Waals surface area contributed by atoms with E-state index in [0.717, 1.165) is 0 Å². The van der Waals surface area contributed by atoms with Gasteiger partial charge in [0.1, 0.15) is 15.6 Å². The van der Waals surface area contributed by atoms with Crippen molar-refractivity contribution in [3.05, 3.63) is 0 Å². The minimum Gasteiger partial charge on any atom is -0.305 e. The third-order valence-electron chi connectivity index (χ3n) is 1.95. The molecular weight excluding hydrogens is 214 g/mol. The van der Waals surface area contributed by atoms with Gasteiger partial charge in [0.25, 0.3) is 0 Å². The number of Topliss-reactive ketones (excluding diaryl/α,β-unsaturated/α-hetero) is 1. The highest BCUT2D eigenvalue weighted by atomic mass is 32.2. The summed E-state index contributed by atoms with van der Waals surface area (Å²) in [5.74, 6) is 0.0168. The van der Waals surface area contributed by atoms with E-state index in [9.17, 15) is 13.2 Å². The maximum Gasteiger partial charge on any atom is 0.150 e. The predicted molar refractivity (Wildman–Crippen MR) is 61.7 cm³/mol. The number of hydrogen-bond acceptors (Lipinski definition) is 4. The lowest BCUT2D eigenvalue weighted by Crippen LogP contribution is -2.39. The molecule has 0 unspecified atom stereocenters. The van der Waals surface area contributed by atoms with Gasteiger partial charge in [0, 0.05) is 17.7 Å². The minimum atomic E-state index is -3.02. The molecule has 0 aliphatic rings. The second kappa shape index (κ2) is 5.61. The highest BCUT2D eigenvalue weighted by molar-refractivity contribution is 7.91. The Bertz CT molecular complexity index is 301. The lowest BCUT2D eigenvalue weighted by atomic mass is 10.1. The molecule has 0 heterocycles. The fraction of sp³-hybridized carbons (Fsp3) is 0.900. The summed E-state index contributed by atoms with van der Waals surface area (Å²) in [7, 11) is -3.02. The molecule has 0 amide bonds. The van der Waals surface area contributed by atoms with Gasteiger partial charge in [-0.1, -0.05) is 6.92 Å². The average molecular weight is 235 g/mol. The molecule has 1 N–H and O–H groups in total. The van der Waals surface area contributed by atoms with Crippen molar-refractivity contribution in [2.75, 3.05) is 18.1 Å². The summed E-state index contributed by atoms with van der Waals surface area (Å²) >= 11 is 0. The summed E-state index contributed by atoms with van der Waals surface area (Å²) in [4.78, 5) is 11.3. The largest absolute Gasteiger partial charge is 0.305 e. The quantitative estimate of drug-likeness (QED) is 0.738. The number of rotatable bonds is 6. The average Bonchev–Trinajstić information content (AvgIpc) is 2.10. The number of carbonyl (C=O) groups is 1. The van der Waals surface area contributed by atoms with Gasteiger partial charge < -0.3 is 5.32 Å². The van der Waals surface area contributed by atoms with E-state index in [4.69, 9.17) is 0 Å². The molecule has 0 aromatic carbocycles. The lowest BCUT2D eigenvalue weighted by molar-refractivity contribution is -0.118. The fourth-order valence-electron chi connectivity index (χ4n) is 0.866. The third kappa shape index (κ3) is 8.57. The summed E-state index contributed by atoms with van der Waals surface area (Å²) in [6.45, 7) is 7.71. The molecule has 0 saturated carbocycles. The van der Waals surface area contributed by atoms with E-state index in [1.165, 1.54) is 0 Å². The molecule has 5 heteroatoms. The Balaban J connectivity index is 3.87. The van der Waals surface area contributed by atoms with E-state index < -0.39 is 9.84 Å². The van der Waals surface area contributed by atoms with E-state index in [0.29, 0.717) is 0 Å². The molecule has 0 aliphatic heterocycles. The summed E-state index contributed by atoms with van der Waals surface area (Å²) in [6, 6.07) is 0. The zero-order valence-electron chi connectivity index (χ0n) is 9.96. The van der Waals surface area contributed by atoms with Gasteiger partial charge >= 0.3 is 0 Å². The van der Waals surface area contributed by atoms with Crippen LogP contribution in [-0.4, -0.2) is 37.8 Å². The van der Waals surface area contributed by atoms with Gasteiger partial charge in [0.05, 0.1) is 12.3 Å². The maximum atomic E-state index is 11.3. The summed E-state index contributed by atoms with van der Waals surface area (Å²) < 4.78 is 22.3. The van der Waals surface area contributed by atoms with Crippen LogP contribution in [0.2, 0.25) is 0 Å². The van der Waals surface area contributed by atoms with Crippen LogP contribution in [0.15, 0.2) is 0 Å². The highest BCUT2D eigenvalue weighted by Gasteiger charge is 2.14.